The first-order chi connectivity index (χ1) is 7.83. The Morgan fingerprint density at radius 3 is 2.65 bits per heavy atom. The van der Waals surface area contributed by atoms with E-state index in [9.17, 15) is 4.79 Å². The predicted molar refractivity (Wildman–Crippen MR) is 66.8 cm³/mol. The highest BCUT2D eigenvalue weighted by Gasteiger charge is 2.32. The highest BCUT2D eigenvalue weighted by atomic mass is 16.6. The zero-order chi connectivity index (χ0) is 13.1. The van der Waals surface area contributed by atoms with Gasteiger partial charge in [0, 0.05) is 19.2 Å². The summed E-state index contributed by atoms with van der Waals surface area (Å²) in [4.78, 5) is 13.8. The van der Waals surface area contributed by atoms with Crippen molar-refractivity contribution in [2.45, 2.75) is 58.6 Å². The van der Waals surface area contributed by atoms with Gasteiger partial charge in [-0.1, -0.05) is 6.92 Å². The molecule has 0 aromatic heterocycles. The van der Waals surface area contributed by atoms with Crippen LogP contribution in [0.4, 0.5) is 4.79 Å². The molecule has 0 aliphatic carbocycles. The molecule has 1 saturated heterocycles. The summed E-state index contributed by atoms with van der Waals surface area (Å²) >= 11 is 0. The van der Waals surface area contributed by atoms with Gasteiger partial charge >= 0.3 is 6.09 Å². The summed E-state index contributed by atoms with van der Waals surface area (Å²) in [6.45, 7) is 8.67. The van der Waals surface area contributed by atoms with Crippen LogP contribution >= 0.6 is 0 Å². The number of carbonyl (C=O) groups excluding carboxylic acids is 1. The molecule has 0 spiro atoms. The molecule has 0 aromatic rings. The van der Waals surface area contributed by atoms with Crippen LogP contribution < -0.4 is 0 Å². The third-order valence-corrected chi connectivity index (χ3v) is 3.07. The van der Waals surface area contributed by atoms with E-state index in [0.717, 1.165) is 19.4 Å². The van der Waals surface area contributed by atoms with Crippen molar-refractivity contribution in [3.63, 3.8) is 0 Å². The lowest BCUT2D eigenvalue weighted by atomic mass is 9.91. The minimum Gasteiger partial charge on any atom is -0.444 e. The number of rotatable bonds is 2. The summed E-state index contributed by atoms with van der Waals surface area (Å²) in [5.74, 6) is 0.616. The van der Waals surface area contributed by atoms with Crippen LogP contribution in [0.25, 0.3) is 0 Å². The average Bonchev–Trinajstić information content (AvgIpc) is 2.15. The second-order valence-corrected chi connectivity index (χ2v) is 5.97. The maximum atomic E-state index is 12.0. The number of amides is 1. The first kappa shape index (κ1) is 14.3. The smallest absolute Gasteiger partial charge is 0.410 e. The molecule has 17 heavy (non-hydrogen) atoms. The summed E-state index contributed by atoms with van der Waals surface area (Å²) in [5, 5.41) is 9.06. The molecule has 1 aliphatic heterocycles. The summed E-state index contributed by atoms with van der Waals surface area (Å²) in [6, 6.07) is 0.124. The maximum absolute atomic E-state index is 12.0. The zero-order valence-electron chi connectivity index (χ0n) is 11.4. The van der Waals surface area contributed by atoms with E-state index in [2.05, 4.69) is 6.92 Å². The van der Waals surface area contributed by atoms with Gasteiger partial charge in [0.25, 0.3) is 0 Å². The van der Waals surface area contributed by atoms with E-state index in [4.69, 9.17) is 9.84 Å². The zero-order valence-corrected chi connectivity index (χ0v) is 11.4. The number of aliphatic hydroxyl groups excluding tert-OH is 1. The molecule has 0 unspecified atom stereocenters. The number of aliphatic hydroxyl groups is 1. The Hall–Kier alpha value is -0.770. The molecule has 4 nitrogen and oxygen atoms in total. The van der Waals surface area contributed by atoms with Crippen LogP contribution in [0, 0.1) is 5.92 Å². The lowest BCUT2D eigenvalue weighted by Crippen LogP contribution is -2.48. The molecule has 2 atom stereocenters. The Bertz CT molecular complexity index is 260. The fraction of sp³-hybridized carbons (Fsp3) is 0.923. The Morgan fingerprint density at radius 1 is 1.47 bits per heavy atom. The van der Waals surface area contributed by atoms with E-state index < -0.39 is 5.60 Å². The van der Waals surface area contributed by atoms with Crippen molar-refractivity contribution in [2.75, 3.05) is 13.2 Å². The minimum absolute atomic E-state index is 0.122. The van der Waals surface area contributed by atoms with E-state index in [1.54, 1.807) is 4.90 Å². The van der Waals surface area contributed by atoms with E-state index in [-0.39, 0.29) is 18.7 Å². The molecular formula is C13H25NO3. The Morgan fingerprint density at radius 2 is 2.12 bits per heavy atom. The molecule has 0 radical (unpaired) electrons. The summed E-state index contributed by atoms with van der Waals surface area (Å²) in [5.41, 5.74) is -0.454. The van der Waals surface area contributed by atoms with Crippen molar-refractivity contribution in [2.24, 2.45) is 5.92 Å². The first-order valence-corrected chi connectivity index (χ1v) is 6.44. The molecular weight excluding hydrogens is 218 g/mol. The Labute approximate surface area is 104 Å². The summed E-state index contributed by atoms with van der Waals surface area (Å²) in [7, 11) is 0. The molecule has 1 heterocycles. The number of ether oxygens (including phenoxy) is 1. The van der Waals surface area contributed by atoms with Crippen molar-refractivity contribution in [1.29, 1.82) is 0 Å². The third kappa shape index (κ3) is 4.54. The van der Waals surface area contributed by atoms with Gasteiger partial charge in [0.05, 0.1) is 0 Å². The number of hydrogen-bond acceptors (Lipinski definition) is 3. The lowest BCUT2D eigenvalue weighted by molar-refractivity contribution is 0.00237. The predicted octanol–water partition coefficient (Wildman–Crippen LogP) is 2.40. The van der Waals surface area contributed by atoms with Gasteiger partial charge in [-0.05, 0) is 46.0 Å². The molecule has 1 N–H and O–H groups in total. The number of likely N-dealkylation sites (tertiary alicyclic amines) is 1. The van der Waals surface area contributed by atoms with Crippen LogP contribution in [0.5, 0.6) is 0 Å². The van der Waals surface area contributed by atoms with Gasteiger partial charge in [-0.3, -0.25) is 0 Å². The van der Waals surface area contributed by atoms with Crippen LogP contribution in [-0.4, -0.2) is 40.9 Å². The van der Waals surface area contributed by atoms with E-state index >= 15 is 0 Å². The molecule has 1 amide bonds. The lowest BCUT2D eigenvalue weighted by Gasteiger charge is -2.39. The molecule has 0 bridgehead atoms. The Balaban J connectivity index is 2.62. The number of nitrogens with zero attached hydrogens (tertiary/aromatic N) is 1. The SMILES string of the molecule is C[C@H]1CCN(C(=O)OC(C)(C)C)[C@H](CCO)C1. The second kappa shape index (κ2) is 5.71. The molecule has 1 rings (SSSR count). The van der Waals surface area contributed by atoms with Gasteiger partial charge in [0.15, 0.2) is 0 Å². The van der Waals surface area contributed by atoms with Crippen molar-refractivity contribution in [3.8, 4) is 0 Å². The van der Waals surface area contributed by atoms with Gasteiger partial charge in [-0.25, -0.2) is 4.79 Å². The fourth-order valence-corrected chi connectivity index (χ4v) is 2.24. The molecule has 100 valence electrons. The van der Waals surface area contributed by atoms with Gasteiger partial charge in [0.1, 0.15) is 5.60 Å². The van der Waals surface area contributed by atoms with Gasteiger partial charge in [-0.2, -0.15) is 0 Å². The third-order valence-electron chi connectivity index (χ3n) is 3.07. The van der Waals surface area contributed by atoms with E-state index in [1.165, 1.54) is 0 Å². The number of carbonyl (C=O) groups is 1. The quantitative estimate of drug-likeness (QED) is 0.810. The molecule has 0 saturated carbocycles. The number of piperidine rings is 1. The van der Waals surface area contributed by atoms with Crippen molar-refractivity contribution >= 4 is 6.09 Å². The van der Waals surface area contributed by atoms with Crippen LogP contribution in [0.2, 0.25) is 0 Å². The standard InChI is InChI=1S/C13H25NO3/c1-10-5-7-14(11(9-10)6-8-15)12(16)17-13(2,3)4/h10-11,15H,5-9H2,1-4H3/t10-,11+/m0/s1. The Kier molecular flexibility index (Phi) is 4.80. The van der Waals surface area contributed by atoms with Crippen LogP contribution in [0.3, 0.4) is 0 Å². The second-order valence-electron chi connectivity index (χ2n) is 5.97. The van der Waals surface area contributed by atoms with Crippen LogP contribution in [-0.2, 0) is 4.74 Å². The van der Waals surface area contributed by atoms with Gasteiger partial charge in [0.2, 0.25) is 0 Å². The van der Waals surface area contributed by atoms with Gasteiger partial charge in [-0.15, -0.1) is 0 Å². The highest BCUT2D eigenvalue weighted by Crippen LogP contribution is 2.26. The molecule has 1 fully saturated rings. The number of hydrogen-bond donors (Lipinski definition) is 1. The van der Waals surface area contributed by atoms with Crippen LogP contribution in [0.15, 0.2) is 0 Å². The molecule has 1 aliphatic rings. The molecule has 0 aromatic carbocycles. The summed E-state index contributed by atoms with van der Waals surface area (Å²) in [6.07, 6.45) is 2.37. The first-order valence-electron chi connectivity index (χ1n) is 6.44. The van der Waals surface area contributed by atoms with Crippen molar-refractivity contribution in [1.82, 2.24) is 4.90 Å². The van der Waals surface area contributed by atoms with Crippen LogP contribution in [0.1, 0.15) is 47.0 Å². The highest BCUT2D eigenvalue weighted by molar-refractivity contribution is 5.68. The van der Waals surface area contributed by atoms with E-state index in [1.807, 2.05) is 20.8 Å². The normalized spacial score (nSPS) is 25.8. The largest absolute Gasteiger partial charge is 0.444 e. The average molecular weight is 243 g/mol. The topological polar surface area (TPSA) is 49.8 Å². The summed E-state index contributed by atoms with van der Waals surface area (Å²) < 4.78 is 5.39. The molecule has 4 heteroatoms. The van der Waals surface area contributed by atoms with E-state index in [0.29, 0.717) is 12.3 Å². The van der Waals surface area contributed by atoms with Crippen molar-refractivity contribution < 1.29 is 14.6 Å². The maximum Gasteiger partial charge on any atom is 0.410 e. The van der Waals surface area contributed by atoms with Gasteiger partial charge < -0.3 is 14.7 Å². The van der Waals surface area contributed by atoms with Crippen molar-refractivity contribution in [3.05, 3.63) is 0 Å². The minimum atomic E-state index is -0.454. The monoisotopic (exact) mass is 243 g/mol. The fourth-order valence-electron chi connectivity index (χ4n) is 2.24.